The van der Waals surface area contributed by atoms with Crippen molar-refractivity contribution in [3.05, 3.63) is 77.2 Å². The Bertz CT molecular complexity index is 1280. The van der Waals surface area contributed by atoms with E-state index in [1.165, 1.54) is 12.4 Å². The molecule has 0 bridgehead atoms. The molecule has 1 amide bonds. The van der Waals surface area contributed by atoms with E-state index in [1.807, 2.05) is 29.2 Å². The zero-order valence-corrected chi connectivity index (χ0v) is 19.0. The van der Waals surface area contributed by atoms with Crippen LogP contribution in [0.25, 0.3) is 22.3 Å². The van der Waals surface area contributed by atoms with E-state index in [2.05, 4.69) is 28.3 Å². The van der Waals surface area contributed by atoms with Gasteiger partial charge in [-0.15, -0.1) is 0 Å². The van der Waals surface area contributed by atoms with Gasteiger partial charge in [0.2, 0.25) is 5.91 Å². The molecule has 0 aliphatic carbocycles. The molecule has 0 spiro atoms. The molecule has 1 aliphatic rings. The van der Waals surface area contributed by atoms with Crippen LogP contribution in [-0.2, 0) is 4.79 Å². The van der Waals surface area contributed by atoms with Crippen LogP contribution in [0.4, 0.5) is 10.2 Å². The van der Waals surface area contributed by atoms with Gasteiger partial charge in [-0.1, -0.05) is 42.4 Å². The lowest BCUT2D eigenvalue weighted by Crippen LogP contribution is -2.48. The summed E-state index contributed by atoms with van der Waals surface area (Å²) in [6.07, 6.45) is 2.66. The van der Waals surface area contributed by atoms with Crippen molar-refractivity contribution in [3.63, 3.8) is 0 Å². The van der Waals surface area contributed by atoms with E-state index >= 15 is 4.39 Å². The maximum atomic E-state index is 15.9. The number of hydrogen-bond acceptors (Lipinski definition) is 5. The second kappa shape index (κ2) is 9.50. The first-order chi connectivity index (χ1) is 15.9. The number of hydrogen-bond donors (Lipinski definition) is 0. The molecule has 1 fully saturated rings. The highest BCUT2D eigenvalue weighted by molar-refractivity contribution is 6.31. The Morgan fingerprint density at radius 1 is 1.18 bits per heavy atom. The van der Waals surface area contributed by atoms with Gasteiger partial charge >= 0.3 is 0 Å². The Kier molecular flexibility index (Phi) is 6.51. The quantitative estimate of drug-likeness (QED) is 0.398. The fourth-order valence-electron chi connectivity index (χ4n) is 4.09. The number of aromatic nitrogens is 2. The Balaban J connectivity index is 1.73. The minimum absolute atomic E-state index is 0.0956. The predicted octanol–water partition coefficient (Wildman–Crippen LogP) is 4.92. The van der Waals surface area contributed by atoms with Crippen LogP contribution in [-0.4, -0.2) is 53.7 Å². The molecule has 1 aliphatic heterocycles. The summed E-state index contributed by atoms with van der Waals surface area (Å²) in [7, 11) is 0. The summed E-state index contributed by atoms with van der Waals surface area (Å²) in [5.74, 6) is -0.0372. The molecule has 33 heavy (non-hydrogen) atoms. The first kappa shape index (κ1) is 22.6. The van der Waals surface area contributed by atoms with Crippen molar-refractivity contribution in [1.29, 1.82) is 0 Å². The molecule has 0 atom stereocenters. The fourth-order valence-corrected chi connectivity index (χ4v) is 4.28. The van der Waals surface area contributed by atoms with E-state index in [9.17, 15) is 4.79 Å². The molecule has 168 valence electrons. The van der Waals surface area contributed by atoms with Gasteiger partial charge in [0.1, 0.15) is 23.5 Å². The molecule has 6 nitrogen and oxygen atoms in total. The number of carbonyl (C=O) groups excluding carboxylic acids is 1. The number of nitrogens with zero attached hydrogens (tertiary/aromatic N) is 5. The summed E-state index contributed by atoms with van der Waals surface area (Å²) in [6.45, 7) is 11.2. The number of halogens is 2. The molecule has 2 heterocycles. The van der Waals surface area contributed by atoms with Gasteiger partial charge in [-0.05, 0) is 42.6 Å². The van der Waals surface area contributed by atoms with Crippen molar-refractivity contribution in [3.8, 4) is 0 Å². The van der Waals surface area contributed by atoms with Crippen LogP contribution < -0.4 is 4.90 Å². The average Bonchev–Trinajstić information content (AvgIpc) is 2.84. The molecule has 0 unspecified atom stereocenters. The third kappa shape index (κ3) is 4.36. The van der Waals surface area contributed by atoms with Gasteiger partial charge in [-0.3, -0.25) is 9.79 Å². The third-order valence-corrected chi connectivity index (χ3v) is 6.03. The minimum atomic E-state index is -0.575. The number of carbonyl (C=O) groups is 1. The zero-order chi connectivity index (χ0) is 23.5. The summed E-state index contributed by atoms with van der Waals surface area (Å²) < 4.78 is 15.9. The highest BCUT2D eigenvalue weighted by atomic mass is 35.5. The van der Waals surface area contributed by atoms with Crippen LogP contribution in [0.15, 0.2) is 60.4 Å². The summed E-state index contributed by atoms with van der Waals surface area (Å²) >= 11 is 6.12. The van der Waals surface area contributed by atoms with Crippen molar-refractivity contribution >= 4 is 52.3 Å². The van der Waals surface area contributed by atoms with Crippen molar-refractivity contribution in [2.24, 2.45) is 4.99 Å². The number of fused-ring (bicyclic) bond motifs is 1. The molecule has 2 aromatic carbocycles. The van der Waals surface area contributed by atoms with Gasteiger partial charge in [0.15, 0.2) is 5.83 Å². The number of rotatable bonds is 5. The maximum Gasteiger partial charge on any atom is 0.246 e. The topological polar surface area (TPSA) is 61.7 Å². The first-order valence-electron chi connectivity index (χ1n) is 10.5. The Morgan fingerprint density at radius 2 is 1.94 bits per heavy atom. The van der Waals surface area contributed by atoms with E-state index in [0.29, 0.717) is 48.1 Å². The summed E-state index contributed by atoms with van der Waals surface area (Å²) in [6, 6.07) is 11.0. The molecule has 1 saturated heterocycles. The van der Waals surface area contributed by atoms with Gasteiger partial charge in [0, 0.05) is 42.3 Å². The monoisotopic (exact) mass is 463 g/mol. The number of amides is 1. The van der Waals surface area contributed by atoms with Crippen molar-refractivity contribution in [2.75, 3.05) is 31.1 Å². The lowest BCUT2D eigenvalue weighted by molar-refractivity contribution is -0.126. The van der Waals surface area contributed by atoms with Gasteiger partial charge in [0.05, 0.1) is 0 Å². The van der Waals surface area contributed by atoms with Crippen LogP contribution in [0.5, 0.6) is 0 Å². The first-order valence-corrected chi connectivity index (χ1v) is 10.9. The van der Waals surface area contributed by atoms with Gasteiger partial charge in [-0.25, -0.2) is 14.4 Å². The van der Waals surface area contributed by atoms with E-state index in [4.69, 9.17) is 11.6 Å². The van der Waals surface area contributed by atoms with Gasteiger partial charge in [-0.2, -0.15) is 0 Å². The van der Waals surface area contributed by atoms with Crippen molar-refractivity contribution < 1.29 is 9.18 Å². The number of benzene rings is 2. The van der Waals surface area contributed by atoms with Crippen molar-refractivity contribution in [1.82, 2.24) is 14.9 Å². The van der Waals surface area contributed by atoms with Gasteiger partial charge in [0.25, 0.3) is 0 Å². The zero-order valence-electron chi connectivity index (χ0n) is 18.3. The molecule has 0 saturated carbocycles. The van der Waals surface area contributed by atoms with Crippen LogP contribution in [0.3, 0.4) is 0 Å². The van der Waals surface area contributed by atoms with Crippen LogP contribution >= 0.6 is 11.6 Å². The van der Waals surface area contributed by atoms with E-state index in [1.54, 1.807) is 24.0 Å². The largest absolute Gasteiger partial charge is 0.353 e. The highest BCUT2D eigenvalue weighted by Crippen LogP contribution is 2.35. The molecule has 3 aromatic rings. The second-order valence-electron chi connectivity index (χ2n) is 7.68. The van der Waals surface area contributed by atoms with E-state index < -0.39 is 5.83 Å². The lowest BCUT2D eigenvalue weighted by atomic mass is 10.0. The van der Waals surface area contributed by atoms with E-state index in [-0.39, 0.29) is 17.3 Å². The highest BCUT2D eigenvalue weighted by Gasteiger charge is 2.24. The standard InChI is InChI=1S/C25H23ClFN5O/c1-4-21(33)31-10-12-32(13-11-31)25-16(2)23(29-15-30-25)22(27)24(28-3)20-7-5-6-17-14-18(26)8-9-19(17)20/h4-9,14-15H,1,3,10-13H2,2H3/b24-22+. The van der Waals surface area contributed by atoms with Gasteiger partial charge < -0.3 is 9.80 Å². The Hall–Kier alpha value is -3.58. The second-order valence-corrected chi connectivity index (χ2v) is 8.12. The molecule has 4 rings (SSSR count). The fraction of sp³-hybridized carbons (Fsp3) is 0.200. The molecule has 0 N–H and O–H groups in total. The Morgan fingerprint density at radius 3 is 2.64 bits per heavy atom. The van der Waals surface area contributed by atoms with Crippen molar-refractivity contribution in [2.45, 2.75) is 6.92 Å². The summed E-state index contributed by atoms with van der Waals surface area (Å²) in [4.78, 5) is 28.3. The number of anilines is 1. The third-order valence-electron chi connectivity index (χ3n) is 5.79. The average molecular weight is 464 g/mol. The number of aliphatic imine (C=N–C) groups is 1. The molecule has 0 radical (unpaired) electrons. The van der Waals surface area contributed by atoms with Crippen LogP contribution in [0, 0.1) is 6.92 Å². The predicted molar refractivity (Wildman–Crippen MR) is 132 cm³/mol. The number of piperazine rings is 1. The molecular weight excluding hydrogens is 441 g/mol. The molecule has 1 aromatic heterocycles. The molecule has 8 heteroatoms. The Labute approximate surface area is 196 Å². The maximum absolute atomic E-state index is 15.9. The van der Waals surface area contributed by atoms with Crippen LogP contribution in [0.2, 0.25) is 5.02 Å². The summed E-state index contributed by atoms with van der Waals surface area (Å²) in [5.41, 5.74) is 1.48. The minimum Gasteiger partial charge on any atom is -0.353 e. The normalized spacial score (nSPS) is 14.8. The lowest BCUT2D eigenvalue weighted by Gasteiger charge is -2.35. The summed E-state index contributed by atoms with van der Waals surface area (Å²) in [5, 5.41) is 2.29. The SMILES string of the molecule is C=CC(=O)N1CCN(c2ncnc(/C(F)=C(\N=C)c3cccc4cc(Cl)ccc34)c2C)CC1. The molecular formula is C25H23ClFN5O. The van der Waals surface area contributed by atoms with E-state index in [0.717, 1.165) is 10.8 Å². The smallest absolute Gasteiger partial charge is 0.246 e. The van der Waals surface area contributed by atoms with Crippen LogP contribution in [0.1, 0.15) is 16.8 Å².